The number of rotatable bonds is 11. The highest BCUT2D eigenvalue weighted by atomic mass is 16.4. The largest absolute Gasteiger partial charge is 0.481 e. The van der Waals surface area contributed by atoms with E-state index in [1.54, 1.807) is 0 Å². The van der Waals surface area contributed by atoms with Crippen molar-refractivity contribution in [1.29, 1.82) is 0 Å². The van der Waals surface area contributed by atoms with Gasteiger partial charge in [0.2, 0.25) is 11.8 Å². The molecule has 0 saturated heterocycles. The van der Waals surface area contributed by atoms with Gasteiger partial charge in [0.1, 0.15) is 12.1 Å². The number of carboxylic acid groups (broad SMARTS) is 3. The van der Waals surface area contributed by atoms with Gasteiger partial charge >= 0.3 is 17.9 Å². The summed E-state index contributed by atoms with van der Waals surface area (Å²) < 4.78 is 0. The number of nitrogens with zero attached hydrogens (tertiary/aromatic N) is 1. The minimum atomic E-state index is -1.64. The lowest BCUT2D eigenvalue weighted by Crippen LogP contribution is -2.55. The van der Waals surface area contributed by atoms with Gasteiger partial charge in [-0.05, 0) is 0 Å². The van der Waals surface area contributed by atoms with Crippen molar-refractivity contribution in [1.82, 2.24) is 20.6 Å². The molecule has 0 aliphatic carbocycles. The van der Waals surface area contributed by atoms with Crippen LogP contribution in [0.5, 0.6) is 0 Å². The number of carbonyl (C=O) groups is 5. The van der Waals surface area contributed by atoms with Crippen LogP contribution < -0.4 is 16.4 Å². The molecule has 0 aromatic carbocycles. The molecule has 0 saturated carbocycles. The van der Waals surface area contributed by atoms with Gasteiger partial charge in [0, 0.05) is 18.3 Å². The van der Waals surface area contributed by atoms with Gasteiger partial charge in [-0.1, -0.05) is 0 Å². The fourth-order valence-electron chi connectivity index (χ4n) is 2.03. The average molecular weight is 385 g/mol. The first kappa shape index (κ1) is 21.6. The Labute approximate surface area is 152 Å². The van der Waals surface area contributed by atoms with Crippen molar-refractivity contribution in [3.05, 3.63) is 18.2 Å². The maximum absolute atomic E-state index is 12.3. The fourth-order valence-corrected chi connectivity index (χ4v) is 2.03. The summed E-state index contributed by atoms with van der Waals surface area (Å²) in [6.07, 6.45) is 0.919. The standard InChI is InChI=1S/C14H19N5O8/c15-7(2-10(20)21)12(24)18-8(3-11(22)23)13(25)19-9(14(26)27)1-6-4-16-5-17-6/h4-5,7-9H,1-3,15H2,(H,16,17)(H,18,24)(H,19,25)(H,20,21)(H,22,23)(H,26,27). The number of carboxylic acids is 3. The van der Waals surface area contributed by atoms with Gasteiger partial charge in [-0.3, -0.25) is 19.2 Å². The van der Waals surface area contributed by atoms with Gasteiger partial charge in [-0.15, -0.1) is 0 Å². The summed E-state index contributed by atoms with van der Waals surface area (Å²) in [4.78, 5) is 63.3. The van der Waals surface area contributed by atoms with Crippen LogP contribution in [0, 0.1) is 0 Å². The molecule has 1 heterocycles. The second-order valence-corrected chi connectivity index (χ2v) is 5.54. The summed E-state index contributed by atoms with van der Waals surface area (Å²) in [6, 6.07) is -4.57. The van der Waals surface area contributed by atoms with Crippen LogP contribution in [0.2, 0.25) is 0 Å². The molecule has 148 valence electrons. The van der Waals surface area contributed by atoms with Crippen LogP contribution >= 0.6 is 0 Å². The Kier molecular flexibility index (Phi) is 7.88. The van der Waals surface area contributed by atoms with E-state index in [0.717, 1.165) is 0 Å². The quantitative estimate of drug-likeness (QED) is 0.208. The third-order valence-corrected chi connectivity index (χ3v) is 3.34. The summed E-state index contributed by atoms with van der Waals surface area (Å²) in [5.41, 5.74) is 5.77. The van der Waals surface area contributed by atoms with Crippen LogP contribution in [-0.2, 0) is 30.4 Å². The van der Waals surface area contributed by atoms with E-state index in [4.69, 9.17) is 15.9 Å². The highest BCUT2D eigenvalue weighted by Gasteiger charge is 2.30. The van der Waals surface area contributed by atoms with E-state index in [9.17, 15) is 29.1 Å². The zero-order chi connectivity index (χ0) is 20.6. The monoisotopic (exact) mass is 385 g/mol. The lowest BCUT2D eigenvalue weighted by atomic mass is 10.1. The molecular formula is C14H19N5O8. The third-order valence-electron chi connectivity index (χ3n) is 3.34. The number of hydrogen-bond donors (Lipinski definition) is 7. The van der Waals surface area contributed by atoms with E-state index >= 15 is 0 Å². The smallest absolute Gasteiger partial charge is 0.326 e. The number of amides is 2. The first-order valence-corrected chi connectivity index (χ1v) is 7.60. The molecule has 0 spiro atoms. The molecule has 27 heavy (non-hydrogen) atoms. The minimum absolute atomic E-state index is 0.159. The highest BCUT2D eigenvalue weighted by Crippen LogP contribution is 2.02. The van der Waals surface area contributed by atoms with Crippen molar-refractivity contribution in [2.75, 3.05) is 0 Å². The van der Waals surface area contributed by atoms with Crippen LogP contribution in [-0.4, -0.2) is 73.1 Å². The van der Waals surface area contributed by atoms with Crippen LogP contribution in [0.3, 0.4) is 0 Å². The summed E-state index contributed by atoms with van der Waals surface area (Å²) >= 11 is 0. The zero-order valence-electron chi connectivity index (χ0n) is 13.9. The molecule has 2 amide bonds. The van der Waals surface area contributed by atoms with Gasteiger partial charge in [0.25, 0.3) is 0 Å². The molecule has 3 atom stereocenters. The number of nitrogens with one attached hydrogen (secondary N) is 3. The number of H-pyrrole nitrogens is 1. The van der Waals surface area contributed by atoms with Crippen LogP contribution in [0.15, 0.2) is 12.5 Å². The summed E-state index contributed by atoms with van der Waals surface area (Å²) in [7, 11) is 0. The van der Waals surface area contributed by atoms with Gasteiger partial charge < -0.3 is 36.7 Å². The Morgan fingerprint density at radius 3 is 2.07 bits per heavy atom. The Balaban J connectivity index is 2.82. The number of aromatic nitrogens is 2. The Morgan fingerprint density at radius 2 is 1.59 bits per heavy atom. The third kappa shape index (κ3) is 7.52. The van der Waals surface area contributed by atoms with E-state index < -0.39 is 60.7 Å². The molecule has 1 aromatic heterocycles. The topological polar surface area (TPSA) is 225 Å². The SMILES string of the molecule is NC(CC(=O)O)C(=O)NC(CC(=O)O)C(=O)NC(Cc1cnc[nH]1)C(=O)O. The summed E-state index contributed by atoms with van der Waals surface area (Å²) in [5.74, 6) is -6.31. The molecule has 8 N–H and O–H groups in total. The van der Waals surface area contributed by atoms with Crippen LogP contribution in [0.25, 0.3) is 0 Å². The van der Waals surface area contributed by atoms with Gasteiger partial charge in [0.15, 0.2) is 0 Å². The van der Waals surface area contributed by atoms with Crippen LogP contribution in [0.4, 0.5) is 0 Å². The van der Waals surface area contributed by atoms with E-state index in [2.05, 4.69) is 15.3 Å². The van der Waals surface area contributed by atoms with Gasteiger partial charge in [0.05, 0.1) is 25.2 Å². The van der Waals surface area contributed by atoms with Crippen molar-refractivity contribution < 1.29 is 39.3 Å². The van der Waals surface area contributed by atoms with Crippen molar-refractivity contribution in [3.8, 4) is 0 Å². The second-order valence-electron chi connectivity index (χ2n) is 5.54. The van der Waals surface area contributed by atoms with Gasteiger partial charge in [-0.25, -0.2) is 9.78 Å². The van der Waals surface area contributed by atoms with Crippen molar-refractivity contribution in [2.45, 2.75) is 37.4 Å². The Bertz CT molecular complexity index is 704. The predicted molar refractivity (Wildman–Crippen MR) is 86.3 cm³/mol. The highest BCUT2D eigenvalue weighted by molar-refractivity contribution is 5.94. The number of hydrogen-bond acceptors (Lipinski definition) is 7. The van der Waals surface area contributed by atoms with Crippen molar-refractivity contribution >= 4 is 29.7 Å². The van der Waals surface area contributed by atoms with E-state index in [-0.39, 0.29) is 6.42 Å². The lowest BCUT2D eigenvalue weighted by Gasteiger charge is -2.21. The second kappa shape index (κ2) is 9.86. The van der Waals surface area contributed by atoms with Crippen molar-refractivity contribution in [2.24, 2.45) is 5.73 Å². The number of aliphatic carboxylic acids is 3. The average Bonchev–Trinajstić information content (AvgIpc) is 3.05. The first-order chi connectivity index (χ1) is 12.6. The van der Waals surface area contributed by atoms with Gasteiger partial charge in [-0.2, -0.15) is 0 Å². The molecule has 0 bridgehead atoms. The van der Waals surface area contributed by atoms with E-state index in [0.29, 0.717) is 5.69 Å². The number of imidazole rings is 1. The van der Waals surface area contributed by atoms with E-state index in [1.165, 1.54) is 12.5 Å². The Hall–Kier alpha value is -3.48. The van der Waals surface area contributed by atoms with Crippen molar-refractivity contribution in [3.63, 3.8) is 0 Å². The molecule has 0 fully saturated rings. The molecule has 13 nitrogen and oxygen atoms in total. The number of nitrogens with two attached hydrogens (primary N) is 1. The first-order valence-electron chi connectivity index (χ1n) is 7.60. The maximum atomic E-state index is 12.3. The van der Waals surface area contributed by atoms with Crippen LogP contribution in [0.1, 0.15) is 18.5 Å². The number of aromatic amines is 1. The zero-order valence-corrected chi connectivity index (χ0v) is 13.9. The minimum Gasteiger partial charge on any atom is -0.481 e. The molecular weight excluding hydrogens is 366 g/mol. The summed E-state index contributed by atoms with van der Waals surface area (Å²) in [5, 5.41) is 30.9. The van der Waals surface area contributed by atoms with E-state index in [1.807, 2.05) is 5.32 Å². The molecule has 0 aliphatic rings. The molecule has 1 aromatic rings. The maximum Gasteiger partial charge on any atom is 0.326 e. The molecule has 3 unspecified atom stereocenters. The lowest BCUT2D eigenvalue weighted by molar-refractivity contribution is -0.144. The molecule has 13 heteroatoms. The summed E-state index contributed by atoms with van der Waals surface area (Å²) in [6.45, 7) is 0. The Morgan fingerprint density at radius 1 is 1.00 bits per heavy atom. The molecule has 0 aliphatic heterocycles. The number of carbonyl (C=O) groups excluding carboxylic acids is 2. The molecule has 1 rings (SSSR count). The predicted octanol–water partition coefficient (Wildman–Crippen LogP) is -2.72. The normalized spacial score (nSPS) is 13.8. The molecule has 0 radical (unpaired) electrons. The fraction of sp³-hybridized carbons (Fsp3) is 0.429.